The van der Waals surface area contributed by atoms with E-state index in [1.54, 1.807) is 24.3 Å². The molecular formula is C16H15F3N2O3S. The summed E-state index contributed by atoms with van der Waals surface area (Å²) < 4.78 is 50.9. The third-order valence-corrected chi connectivity index (χ3v) is 3.17. The Hall–Kier alpha value is -2.68. The van der Waals surface area contributed by atoms with Gasteiger partial charge in [0.2, 0.25) is 0 Å². The van der Waals surface area contributed by atoms with E-state index in [9.17, 15) is 13.2 Å². The van der Waals surface area contributed by atoms with Gasteiger partial charge in [-0.2, -0.15) is 0 Å². The van der Waals surface area contributed by atoms with Gasteiger partial charge in [-0.25, -0.2) is 0 Å². The van der Waals surface area contributed by atoms with E-state index >= 15 is 0 Å². The first-order valence-corrected chi connectivity index (χ1v) is 7.37. The molecule has 0 spiro atoms. The Morgan fingerprint density at radius 1 is 0.920 bits per heavy atom. The van der Waals surface area contributed by atoms with Crippen molar-refractivity contribution in [2.24, 2.45) is 0 Å². The summed E-state index contributed by atoms with van der Waals surface area (Å²) in [6.07, 6.45) is -4.75. The monoisotopic (exact) mass is 372 g/mol. The van der Waals surface area contributed by atoms with Crippen LogP contribution in [0.2, 0.25) is 0 Å². The summed E-state index contributed by atoms with van der Waals surface area (Å²) in [6.45, 7) is 0. The molecule has 2 aromatic rings. The number of methoxy groups -OCH3 is 2. The van der Waals surface area contributed by atoms with Crippen molar-refractivity contribution >= 4 is 28.7 Å². The molecule has 2 rings (SSSR count). The van der Waals surface area contributed by atoms with Crippen LogP contribution >= 0.6 is 12.2 Å². The van der Waals surface area contributed by atoms with Crippen LogP contribution in [-0.4, -0.2) is 25.7 Å². The molecule has 0 heterocycles. The van der Waals surface area contributed by atoms with Crippen molar-refractivity contribution in [3.05, 3.63) is 42.5 Å². The van der Waals surface area contributed by atoms with E-state index in [1.165, 1.54) is 32.4 Å². The average Bonchev–Trinajstić information content (AvgIpc) is 2.53. The van der Waals surface area contributed by atoms with Gasteiger partial charge < -0.3 is 24.8 Å². The highest BCUT2D eigenvalue weighted by molar-refractivity contribution is 7.80. The second-order valence-corrected chi connectivity index (χ2v) is 5.13. The van der Waals surface area contributed by atoms with Crippen molar-refractivity contribution in [2.45, 2.75) is 6.36 Å². The molecule has 0 saturated heterocycles. The van der Waals surface area contributed by atoms with Crippen molar-refractivity contribution < 1.29 is 27.4 Å². The highest BCUT2D eigenvalue weighted by atomic mass is 32.1. The van der Waals surface area contributed by atoms with Crippen molar-refractivity contribution in [2.75, 3.05) is 24.9 Å². The topological polar surface area (TPSA) is 51.8 Å². The molecule has 0 aliphatic rings. The number of rotatable bonds is 5. The van der Waals surface area contributed by atoms with E-state index in [2.05, 4.69) is 15.4 Å². The number of nitrogens with one attached hydrogen (secondary N) is 2. The SMILES string of the molecule is COc1ccc(NC(=S)Nc2cccc(OC(F)(F)F)c2)cc1OC. The van der Waals surface area contributed by atoms with Crippen LogP contribution in [0.3, 0.4) is 0 Å². The van der Waals surface area contributed by atoms with Crippen molar-refractivity contribution in [3.63, 3.8) is 0 Å². The van der Waals surface area contributed by atoms with E-state index in [0.717, 1.165) is 0 Å². The summed E-state index contributed by atoms with van der Waals surface area (Å²) in [5, 5.41) is 5.88. The van der Waals surface area contributed by atoms with Gasteiger partial charge in [0, 0.05) is 23.5 Å². The molecule has 134 valence electrons. The number of alkyl halides is 3. The molecule has 0 amide bonds. The van der Waals surface area contributed by atoms with E-state index in [4.69, 9.17) is 21.7 Å². The van der Waals surface area contributed by atoms with Crippen LogP contribution in [0.1, 0.15) is 0 Å². The fraction of sp³-hybridized carbons (Fsp3) is 0.188. The molecule has 0 bridgehead atoms. The maximum atomic E-state index is 12.3. The number of hydrogen-bond acceptors (Lipinski definition) is 4. The number of benzene rings is 2. The van der Waals surface area contributed by atoms with Gasteiger partial charge in [0.1, 0.15) is 5.75 Å². The number of anilines is 2. The minimum absolute atomic E-state index is 0.191. The standard InChI is InChI=1S/C16H15F3N2O3S/c1-22-13-7-6-11(9-14(13)23-2)21-15(25)20-10-4-3-5-12(8-10)24-16(17,18)19/h3-9H,1-2H3,(H2,20,21,25). The fourth-order valence-electron chi connectivity index (χ4n) is 1.98. The molecule has 0 unspecified atom stereocenters. The molecule has 0 radical (unpaired) electrons. The molecule has 2 N–H and O–H groups in total. The minimum atomic E-state index is -4.75. The zero-order valence-corrected chi connectivity index (χ0v) is 14.1. The predicted molar refractivity (Wildman–Crippen MR) is 92.5 cm³/mol. The quantitative estimate of drug-likeness (QED) is 0.759. The third-order valence-electron chi connectivity index (χ3n) is 2.97. The van der Waals surface area contributed by atoms with Crippen LogP contribution in [0.15, 0.2) is 42.5 Å². The second kappa shape index (κ2) is 7.93. The smallest absolute Gasteiger partial charge is 0.493 e. The summed E-state index contributed by atoms with van der Waals surface area (Å²) in [5.74, 6) is 0.728. The summed E-state index contributed by atoms with van der Waals surface area (Å²) in [5.41, 5.74) is 0.970. The largest absolute Gasteiger partial charge is 0.573 e. The lowest BCUT2D eigenvalue weighted by atomic mass is 10.2. The van der Waals surface area contributed by atoms with E-state index < -0.39 is 6.36 Å². The summed E-state index contributed by atoms with van der Waals surface area (Å²) in [4.78, 5) is 0. The molecule has 0 aliphatic heterocycles. The van der Waals surface area contributed by atoms with Gasteiger partial charge in [-0.1, -0.05) is 6.07 Å². The minimum Gasteiger partial charge on any atom is -0.493 e. The Morgan fingerprint density at radius 2 is 1.56 bits per heavy atom. The lowest BCUT2D eigenvalue weighted by molar-refractivity contribution is -0.274. The Kier molecular flexibility index (Phi) is 5.92. The normalized spacial score (nSPS) is 10.8. The molecule has 2 aromatic carbocycles. The first-order chi connectivity index (χ1) is 11.8. The maximum Gasteiger partial charge on any atom is 0.573 e. The van der Waals surface area contributed by atoms with Crippen molar-refractivity contribution in [1.82, 2.24) is 0 Å². The highest BCUT2D eigenvalue weighted by Gasteiger charge is 2.31. The van der Waals surface area contributed by atoms with Crippen LogP contribution in [0.5, 0.6) is 17.2 Å². The number of ether oxygens (including phenoxy) is 3. The molecule has 25 heavy (non-hydrogen) atoms. The zero-order valence-electron chi connectivity index (χ0n) is 13.3. The van der Waals surface area contributed by atoms with E-state index in [1.807, 2.05) is 0 Å². The summed E-state index contributed by atoms with van der Waals surface area (Å²) in [7, 11) is 3.03. The molecule has 0 fully saturated rings. The summed E-state index contributed by atoms with van der Waals surface area (Å²) in [6, 6.07) is 10.5. The maximum absolute atomic E-state index is 12.3. The van der Waals surface area contributed by atoms with Crippen LogP contribution in [0.4, 0.5) is 24.5 Å². The molecule has 5 nitrogen and oxygen atoms in total. The summed E-state index contributed by atoms with van der Waals surface area (Å²) >= 11 is 5.15. The number of thiocarbonyl (C=S) groups is 1. The fourth-order valence-corrected chi connectivity index (χ4v) is 2.21. The van der Waals surface area contributed by atoms with Gasteiger partial charge in [-0.15, -0.1) is 13.2 Å². The van der Waals surface area contributed by atoms with Crippen molar-refractivity contribution in [3.8, 4) is 17.2 Å². The molecule has 0 aromatic heterocycles. The highest BCUT2D eigenvalue weighted by Crippen LogP contribution is 2.30. The van der Waals surface area contributed by atoms with Crippen LogP contribution in [0, 0.1) is 0 Å². The third kappa shape index (κ3) is 5.71. The predicted octanol–water partition coefficient (Wildman–Crippen LogP) is 4.41. The van der Waals surface area contributed by atoms with Gasteiger partial charge in [-0.05, 0) is 36.5 Å². The second-order valence-electron chi connectivity index (χ2n) is 4.72. The van der Waals surface area contributed by atoms with Crippen LogP contribution in [0.25, 0.3) is 0 Å². The van der Waals surface area contributed by atoms with E-state index in [0.29, 0.717) is 22.9 Å². The van der Waals surface area contributed by atoms with Gasteiger partial charge in [0.15, 0.2) is 16.6 Å². The van der Waals surface area contributed by atoms with Gasteiger partial charge in [-0.3, -0.25) is 0 Å². The Balaban J connectivity index is 2.04. The lowest BCUT2D eigenvalue weighted by Crippen LogP contribution is -2.20. The molecule has 9 heteroatoms. The van der Waals surface area contributed by atoms with Crippen LogP contribution in [-0.2, 0) is 0 Å². The van der Waals surface area contributed by atoms with Gasteiger partial charge in [0.05, 0.1) is 14.2 Å². The number of hydrogen-bond donors (Lipinski definition) is 2. The molecule has 0 saturated carbocycles. The Morgan fingerprint density at radius 3 is 2.16 bits per heavy atom. The van der Waals surface area contributed by atoms with Gasteiger partial charge in [0.25, 0.3) is 0 Å². The Labute approximate surface area is 147 Å². The average molecular weight is 372 g/mol. The molecule has 0 aliphatic carbocycles. The van der Waals surface area contributed by atoms with Crippen molar-refractivity contribution in [1.29, 1.82) is 0 Å². The molecular weight excluding hydrogens is 357 g/mol. The first-order valence-electron chi connectivity index (χ1n) is 6.96. The Bertz CT molecular complexity index is 754. The number of halogens is 3. The zero-order chi connectivity index (χ0) is 18.4. The van der Waals surface area contributed by atoms with Gasteiger partial charge >= 0.3 is 6.36 Å². The van der Waals surface area contributed by atoms with E-state index in [-0.39, 0.29) is 10.9 Å². The molecule has 0 atom stereocenters. The lowest BCUT2D eigenvalue weighted by Gasteiger charge is -2.14. The van der Waals surface area contributed by atoms with Crippen LogP contribution < -0.4 is 24.8 Å². The first kappa shape index (κ1) is 18.7.